The summed E-state index contributed by atoms with van der Waals surface area (Å²) in [6.45, 7) is 1.85. The maximum atomic E-state index is 12.7. The molecular formula is C26H23ClN2O5. The van der Waals surface area contributed by atoms with E-state index in [9.17, 15) is 19.5 Å². The molecule has 8 heteroatoms. The molecule has 0 bridgehead atoms. The third-order valence-corrected chi connectivity index (χ3v) is 6.07. The Morgan fingerprint density at radius 3 is 2.21 bits per heavy atom. The van der Waals surface area contributed by atoms with E-state index in [-0.39, 0.29) is 35.2 Å². The minimum Gasteiger partial charge on any atom is -0.478 e. The monoisotopic (exact) mass is 478 g/mol. The van der Waals surface area contributed by atoms with Gasteiger partial charge in [-0.25, -0.2) is 9.59 Å². The van der Waals surface area contributed by atoms with E-state index in [1.54, 1.807) is 6.92 Å². The Hall–Kier alpha value is -3.84. The third-order valence-electron chi connectivity index (χ3n) is 5.83. The first-order valence-corrected chi connectivity index (χ1v) is 11.2. The zero-order valence-electron chi connectivity index (χ0n) is 18.4. The predicted octanol–water partition coefficient (Wildman–Crippen LogP) is 5.29. The van der Waals surface area contributed by atoms with E-state index >= 15 is 0 Å². The van der Waals surface area contributed by atoms with Crippen LogP contribution in [0, 0.1) is 0 Å². The van der Waals surface area contributed by atoms with Gasteiger partial charge in [-0.2, -0.15) is 0 Å². The van der Waals surface area contributed by atoms with Crippen LogP contribution in [0.15, 0.2) is 66.7 Å². The van der Waals surface area contributed by atoms with Gasteiger partial charge in [-0.15, -0.1) is 0 Å². The van der Waals surface area contributed by atoms with Crippen molar-refractivity contribution in [1.29, 1.82) is 0 Å². The predicted molar refractivity (Wildman–Crippen MR) is 129 cm³/mol. The molecule has 1 aliphatic rings. The number of amides is 2. The van der Waals surface area contributed by atoms with Crippen LogP contribution in [0.5, 0.6) is 0 Å². The number of carbonyl (C=O) groups is 3. The molecule has 1 unspecified atom stereocenters. The number of alkyl carbamates (subject to hydrolysis) is 1. The van der Waals surface area contributed by atoms with Gasteiger partial charge in [-0.05, 0) is 46.9 Å². The molecule has 1 aliphatic carbocycles. The number of aromatic carboxylic acids is 1. The van der Waals surface area contributed by atoms with Crippen LogP contribution in [0.2, 0.25) is 5.02 Å². The molecule has 0 fully saturated rings. The Bertz CT molecular complexity index is 1210. The number of halogens is 1. The third kappa shape index (κ3) is 4.75. The van der Waals surface area contributed by atoms with Crippen LogP contribution in [0.3, 0.4) is 0 Å². The molecule has 0 aromatic heterocycles. The van der Waals surface area contributed by atoms with Crippen LogP contribution >= 0.6 is 11.6 Å². The number of rotatable bonds is 7. The van der Waals surface area contributed by atoms with Gasteiger partial charge in [0.05, 0.1) is 11.3 Å². The fourth-order valence-corrected chi connectivity index (χ4v) is 4.33. The van der Waals surface area contributed by atoms with Crippen molar-refractivity contribution < 1.29 is 24.2 Å². The lowest BCUT2D eigenvalue weighted by atomic mass is 9.98. The maximum Gasteiger partial charge on any atom is 0.407 e. The van der Waals surface area contributed by atoms with Gasteiger partial charge in [0.15, 0.2) is 0 Å². The fraction of sp³-hybridized carbons (Fsp3) is 0.192. The number of nitrogens with one attached hydrogen (secondary N) is 2. The van der Waals surface area contributed by atoms with Crippen LogP contribution in [-0.2, 0) is 9.53 Å². The summed E-state index contributed by atoms with van der Waals surface area (Å²) < 4.78 is 5.51. The second-order valence-corrected chi connectivity index (χ2v) is 8.35. The molecule has 174 valence electrons. The number of ether oxygens (including phenoxy) is 1. The van der Waals surface area contributed by atoms with E-state index in [0.717, 1.165) is 22.3 Å². The van der Waals surface area contributed by atoms with E-state index in [1.807, 2.05) is 48.5 Å². The highest BCUT2D eigenvalue weighted by molar-refractivity contribution is 6.31. The number of hydrogen-bond acceptors (Lipinski definition) is 4. The number of anilines is 1. The summed E-state index contributed by atoms with van der Waals surface area (Å²) in [6, 6.07) is 19.2. The lowest BCUT2D eigenvalue weighted by Crippen LogP contribution is -2.44. The van der Waals surface area contributed by atoms with Crippen molar-refractivity contribution in [2.75, 3.05) is 11.9 Å². The molecule has 0 saturated carbocycles. The summed E-state index contributed by atoms with van der Waals surface area (Å²) in [5, 5.41) is 14.7. The van der Waals surface area contributed by atoms with Crippen molar-refractivity contribution in [3.63, 3.8) is 0 Å². The molecule has 0 radical (unpaired) electrons. The van der Waals surface area contributed by atoms with Crippen molar-refractivity contribution >= 4 is 35.3 Å². The summed E-state index contributed by atoms with van der Waals surface area (Å²) in [5.74, 6) is -1.88. The maximum absolute atomic E-state index is 12.7. The van der Waals surface area contributed by atoms with Crippen LogP contribution in [0.25, 0.3) is 11.1 Å². The van der Waals surface area contributed by atoms with E-state index in [0.29, 0.717) is 0 Å². The first-order valence-electron chi connectivity index (χ1n) is 10.8. The van der Waals surface area contributed by atoms with Crippen LogP contribution in [0.4, 0.5) is 10.5 Å². The highest BCUT2D eigenvalue weighted by Crippen LogP contribution is 2.44. The molecular weight excluding hydrogens is 456 g/mol. The van der Waals surface area contributed by atoms with E-state index in [1.165, 1.54) is 18.2 Å². The second kappa shape index (κ2) is 9.97. The average molecular weight is 479 g/mol. The smallest absolute Gasteiger partial charge is 0.407 e. The van der Waals surface area contributed by atoms with Gasteiger partial charge < -0.3 is 20.5 Å². The van der Waals surface area contributed by atoms with E-state index in [2.05, 4.69) is 10.6 Å². The minimum atomic E-state index is -1.23. The van der Waals surface area contributed by atoms with Gasteiger partial charge in [0.2, 0.25) is 5.91 Å². The highest BCUT2D eigenvalue weighted by Gasteiger charge is 2.29. The normalized spacial score (nSPS) is 12.9. The summed E-state index contributed by atoms with van der Waals surface area (Å²) in [7, 11) is 0. The Balaban J connectivity index is 1.41. The first kappa shape index (κ1) is 23.3. The molecule has 0 aliphatic heterocycles. The zero-order valence-corrected chi connectivity index (χ0v) is 19.1. The van der Waals surface area contributed by atoms with E-state index in [4.69, 9.17) is 16.3 Å². The molecule has 34 heavy (non-hydrogen) atoms. The number of carboxylic acid groups (broad SMARTS) is 1. The van der Waals surface area contributed by atoms with E-state index < -0.39 is 24.0 Å². The molecule has 0 heterocycles. The largest absolute Gasteiger partial charge is 0.478 e. The Morgan fingerprint density at radius 2 is 1.62 bits per heavy atom. The summed E-state index contributed by atoms with van der Waals surface area (Å²) >= 11 is 5.86. The lowest BCUT2D eigenvalue weighted by molar-refractivity contribution is -0.118. The fourth-order valence-electron chi connectivity index (χ4n) is 4.16. The van der Waals surface area contributed by atoms with Crippen molar-refractivity contribution in [3.8, 4) is 11.1 Å². The van der Waals surface area contributed by atoms with Crippen LogP contribution < -0.4 is 10.6 Å². The number of carbonyl (C=O) groups excluding carboxylic acids is 2. The van der Waals surface area contributed by atoms with Gasteiger partial charge in [0, 0.05) is 10.9 Å². The zero-order chi connectivity index (χ0) is 24.2. The van der Waals surface area contributed by atoms with Gasteiger partial charge >= 0.3 is 12.1 Å². The standard InChI is InChI=1S/C26H23ClN2O5/c1-2-22(24(30)28-23-12-11-15(27)13-20(23)25(31)32)29-26(33)34-14-21-18-9-5-3-7-16(18)17-8-4-6-10-19(17)21/h3-13,21-22H,2,14H2,1H3,(H,28,30)(H,29,33)(H,31,32). The van der Waals surface area contributed by atoms with Crippen molar-refractivity contribution in [3.05, 3.63) is 88.4 Å². The summed E-state index contributed by atoms with van der Waals surface area (Å²) in [5.41, 5.74) is 4.37. The molecule has 1 atom stereocenters. The minimum absolute atomic E-state index is 0.0923. The second-order valence-electron chi connectivity index (χ2n) is 7.92. The molecule has 7 nitrogen and oxygen atoms in total. The van der Waals surface area contributed by atoms with Crippen LogP contribution in [-0.4, -0.2) is 35.7 Å². The number of benzene rings is 3. The van der Waals surface area contributed by atoms with Gasteiger partial charge in [0.1, 0.15) is 12.6 Å². The molecule has 3 N–H and O–H groups in total. The van der Waals surface area contributed by atoms with Gasteiger partial charge in [0.25, 0.3) is 0 Å². The Morgan fingerprint density at radius 1 is 1.00 bits per heavy atom. The Kier molecular flexibility index (Phi) is 6.84. The van der Waals surface area contributed by atoms with Crippen molar-refractivity contribution in [2.24, 2.45) is 0 Å². The van der Waals surface area contributed by atoms with Crippen molar-refractivity contribution in [1.82, 2.24) is 5.32 Å². The average Bonchev–Trinajstić information content (AvgIpc) is 3.15. The topological polar surface area (TPSA) is 105 Å². The van der Waals surface area contributed by atoms with Crippen molar-refractivity contribution in [2.45, 2.75) is 25.3 Å². The lowest BCUT2D eigenvalue weighted by Gasteiger charge is -2.19. The molecule has 0 spiro atoms. The summed E-state index contributed by atoms with van der Waals surface area (Å²) in [4.78, 5) is 36.7. The molecule has 2 amide bonds. The molecule has 3 aromatic carbocycles. The van der Waals surface area contributed by atoms with Crippen LogP contribution in [0.1, 0.15) is 40.7 Å². The molecule has 3 aromatic rings. The number of carboxylic acids is 1. The number of hydrogen-bond donors (Lipinski definition) is 3. The highest BCUT2D eigenvalue weighted by atomic mass is 35.5. The van der Waals surface area contributed by atoms with Gasteiger partial charge in [-0.1, -0.05) is 67.1 Å². The molecule has 0 saturated heterocycles. The Labute approximate surface area is 201 Å². The van der Waals surface area contributed by atoms with Gasteiger partial charge in [-0.3, -0.25) is 4.79 Å². The SMILES string of the molecule is CCC(NC(=O)OCC1c2ccccc2-c2ccccc21)C(=O)Nc1ccc(Cl)cc1C(=O)O. The first-order chi connectivity index (χ1) is 16.4. The quantitative estimate of drug-likeness (QED) is 0.427. The molecule has 4 rings (SSSR count). The summed E-state index contributed by atoms with van der Waals surface area (Å²) in [6.07, 6.45) is -0.440. The number of fused-ring (bicyclic) bond motifs is 3.